The molecule has 0 amide bonds. The van der Waals surface area contributed by atoms with Crippen LogP contribution >= 0.6 is 0 Å². The van der Waals surface area contributed by atoms with Gasteiger partial charge < -0.3 is 10.2 Å². The summed E-state index contributed by atoms with van der Waals surface area (Å²) < 4.78 is 0. The molecule has 0 aliphatic rings. The van der Waals surface area contributed by atoms with Crippen molar-refractivity contribution in [3.05, 3.63) is 24.3 Å². The van der Waals surface area contributed by atoms with Gasteiger partial charge in [-0.1, -0.05) is 0 Å². The standard InChI is InChI=1S/C6H6O2.2Li.2H/c7-5-1-2-6(8)4-3-5;;;;/h1-4,7-8H;;;;. The van der Waals surface area contributed by atoms with Crippen LogP contribution in [0.3, 0.4) is 0 Å². The van der Waals surface area contributed by atoms with Gasteiger partial charge in [-0.2, -0.15) is 0 Å². The summed E-state index contributed by atoms with van der Waals surface area (Å²) in [6.45, 7) is 0. The molecule has 0 saturated carbocycles. The Balaban J connectivity index is 0. The summed E-state index contributed by atoms with van der Waals surface area (Å²) in [5.74, 6) is 0.339. The predicted octanol–water partition coefficient (Wildman–Crippen LogP) is -0.199. The molecule has 0 unspecified atom stereocenters. The fraction of sp³-hybridized carbons (Fsp3) is 0. The molecule has 0 atom stereocenters. The van der Waals surface area contributed by atoms with E-state index in [4.69, 9.17) is 10.2 Å². The van der Waals surface area contributed by atoms with E-state index in [1.807, 2.05) is 0 Å². The van der Waals surface area contributed by atoms with Crippen molar-refractivity contribution in [2.75, 3.05) is 0 Å². The molecule has 0 aromatic heterocycles. The van der Waals surface area contributed by atoms with Crippen LogP contribution in [0, 0.1) is 0 Å². The van der Waals surface area contributed by atoms with Gasteiger partial charge in [-0.25, -0.2) is 0 Å². The van der Waals surface area contributed by atoms with E-state index in [0.29, 0.717) is 0 Å². The third-order valence-corrected chi connectivity index (χ3v) is 0.850. The van der Waals surface area contributed by atoms with Gasteiger partial charge in [0.2, 0.25) is 0 Å². The zero-order chi connectivity index (χ0) is 5.98. The van der Waals surface area contributed by atoms with Crippen LogP contribution in [0.25, 0.3) is 0 Å². The quantitative estimate of drug-likeness (QED) is 0.373. The summed E-state index contributed by atoms with van der Waals surface area (Å²) in [5, 5.41) is 17.3. The SMILES string of the molecule is Oc1ccc(O)cc1.[LiH].[LiH]. The first-order valence-electron chi connectivity index (χ1n) is 2.27. The number of aromatic hydroxyl groups is 2. The molecule has 10 heavy (non-hydrogen) atoms. The second-order valence-electron chi connectivity index (χ2n) is 1.52. The van der Waals surface area contributed by atoms with E-state index in [-0.39, 0.29) is 49.2 Å². The first-order chi connectivity index (χ1) is 3.79. The van der Waals surface area contributed by atoms with E-state index in [1.54, 1.807) is 0 Å². The van der Waals surface area contributed by atoms with Crippen molar-refractivity contribution in [2.24, 2.45) is 0 Å². The number of hydrogen-bond donors (Lipinski definition) is 2. The third kappa shape index (κ3) is 3.93. The summed E-state index contributed by atoms with van der Waals surface area (Å²) in [7, 11) is 0. The average Bonchev–Trinajstić information content (AvgIpc) is 1.77. The molecule has 4 heteroatoms. The Morgan fingerprint density at radius 2 is 0.900 bits per heavy atom. The van der Waals surface area contributed by atoms with E-state index in [9.17, 15) is 0 Å². The van der Waals surface area contributed by atoms with Gasteiger partial charge in [-0.15, -0.1) is 0 Å². The third-order valence-electron chi connectivity index (χ3n) is 0.850. The second kappa shape index (κ2) is 5.77. The zero-order valence-electron chi connectivity index (χ0n) is 4.20. The number of benzene rings is 1. The Kier molecular flexibility index (Phi) is 7.32. The van der Waals surface area contributed by atoms with Crippen LogP contribution in [-0.4, -0.2) is 47.9 Å². The topological polar surface area (TPSA) is 40.5 Å². The second-order valence-corrected chi connectivity index (χ2v) is 1.52. The van der Waals surface area contributed by atoms with Crippen molar-refractivity contribution in [2.45, 2.75) is 0 Å². The Morgan fingerprint density at radius 1 is 0.700 bits per heavy atom. The van der Waals surface area contributed by atoms with Crippen molar-refractivity contribution in [1.82, 2.24) is 0 Å². The number of rotatable bonds is 0. The van der Waals surface area contributed by atoms with Gasteiger partial charge in [0.1, 0.15) is 11.5 Å². The Hall–Kier alpha value is 0.0148. The van der Waals surface area contributed by atoms with Crippen LogP contribution in [0.4, 0.5) is 0 Å². The molecule has 0 heterocycles. The fourth-order valence-electron chi connectivity index (χ4n) is 0.453. The molecular formula is C6H8Li2O2. The minimum atomic E-state index is 0. The summed E-state index contributed by atoms with van der Waals surface area (Å²) >= 11 is 0. The van der Waals surface area contributed by atoms with Gasteiger partial charge >= 0.3 is 37.7 Å². The molecule has 0 saturated heterocycles. The normalized spacial score (nSPS) is 7.20. The molecule has 0 bridgehead atoms. The molecule has 0 fully saturated rings. The molecule has 1 rings (SSSR count). The molecule has 0 radical (unpaired) electrons. The van der Waals surface area contributed by atoms with Crippen LogP contribution < -0.4 is 0 Å². The van der Waals surface area contributed by atoms with E-state index >= 15 is 0 Å². The van der Waals surface area contributed by atoms with Crippen molar-refractivity contribution < 1.29 is 10.2 Å². The van der Waals surface area contributed by atoms with Gasteiger partial charge in [0, 0.05) is 0 Å². The van der Waals surface area contributed by atoms with Gasteiger partial charge in [-0.3, -0.25) is 0 Å². The number of hydrogen-bond acceptors (Lipinski definition) is 2. The molecule has 1 aromatic carbocycles. The van der Waals surface area contributed by atoms with Crippen LogP contribution in [0.2, 0.25) is 0 Å². The van der Waals surface area contributed by atoms with Gasteiger partial charge in [0.05, 0.1) is 0 Å². The Bertz CT molecular complexity index is 153. The molecule has 2 nitrogen and oxygen atoms in total. The van der Waals surface area contributed by atoms with Gasteiger partial charge in [0.15, 0.2) is 0 Å². The summed E-state index contributed by atoms with van der Waals surface area (Å²) in [4.78, 5) is 0. The van der Waals surface area contributed by atoms with Gasteiger partial charge in [0.25, 0.3) is 0 Å². The Morgan fingerprint density at radius 3 is 1.10 bits per heavy atom. The van der Waals surface area contributed by atoms with Gasteiger partial charge in [-0.05, 0) is 24.3 Å². The van der Waals surface area contributed by atoms with Crippen molar-refractivity contribution in [3.8, 4) is 11.5 Å². The molecule has 0 spiro atoms. The summed E-state index contributed by atoms with van der Waals surface area (Å²) in [6, 6.07) is 5.70. The van der Waals surface area contributed by atoms with Crippen LogP contribution in [0.5, 0.6) is 11.5 Å². The maximum atomic E-state index is 8.65. The summed E-state index contributed by atoms with van der Waals surface area (Å²) in [6.07, 6.45) is 0. The van der Waals surface area contributed by atoms with Crippen molar-refractivity contribution in [1.29, 1.82) is 0 Å². The Labute approximate surface area is 83.6 Å². The van der Waals surface area contributed by atoms with E-state index in [1.165, 1.54) is 24.3 Å². The minimum absolute atomic E-state index is 0. The average molecular weight is 126 g/mol. The van der Waals surface area contributed by atoms with E-state index in [2.05, 4.69) is 0 Å². The predicted molar refractivity (Wildman–Crippen MR) is 44.1 cm³/mol. The monoisotopic (exact) mass is 126 g/mol. The van der Waals surface area contributed by atoms with Crippen LogP contribution in [0.15, 0.2) is 24.3 Å². The molecule has 1 aromatic rings. The van der Waals surface area contributed by atoms with Crippen LogP contribution in [-0.2, 0) is 0 Å². The van der Waals surface area contributed by atoms with Crippen molar-refractivity contribution >= 4 is 37.7 Å². The molecular weight excluding hydrogens is 118 g/mol. The first-order valence-corrected chi connectivity index (χ1v) is 2.27. The molecule has 46 valence electrons. The van der Waals surface area contributed by atoms with Crippen LogP contribution in [0.1, 0.15) is 0 Å². The fourth-order valence-corrected chi connectivity index (χ4v) is 0.453. The number of phenols is 2. The molecule has 0 aliphatic heterocycles. The van der Waals surface area contributed by atoms with E-state index in [0.717, 1.165) is 0 Å². The summed E-state index contributed by atoms with van der Waals surface area (Å²) in [5.41, 5.74) is 0. The van der Waals surface area contributed by atoms with E-state index < -0.39 is 0 Å². The van der Waals surface area contributed by atoms with Crippen molar-refractivity contribution in [3.63, 3.8) is 0 Å². The molecule has 0 aliphatic carbocycles. The maximum absolute atomic E-state index is 8.65. The first kappa shape index (κ1) is 12.7. The zero-order valence-corrected chi connectivity index (χ0v) is 4.20. The molecule has 2 N–H and O–H groups in total. The number of phenolic OH excluding ortho intramolecular Hbond substituents is 2.